The highest BCUT2D eigenvalue weighted by Gasteiger charge is 2.13. The van der Waals surface area contributed by atoms with Gasteiger partial charge in [-0.05, 0) is 65.3 Å². The van der Waals surface area contributed by atoms with E-state index < -0.39 is 0 Å². The molecule has 1 amide bonds. The fourth-order valence-electron chi connectivity index (χ4n) is 2.79. The van der Waals surface area contributed by atoms with E-state index in [1.54, 1.807) is 16.9 Å². The second-order valence-electron chi connectivity index (χ2n) is 6.24. The van der Waals surface area contributed by atoms with E-state index in [2.05, 4.69) is 31.3 Å². The van der Waals surface area contributed by atoms with Gasteiger partial charge in [-0.1, -0.05) is 12.1 Å². The van der Waals surface area contributed by atoms with Crippen molar-refractivity contribution < 1.29 is 9.21 Å². The summed E-state index contributed by atoms with van der Waals surface area (Å²) in [5.74, 6) is 1.13. The molecule has 4 aromatic rings. The van der Waals surface area contributed by atoms with Crippen LogP contribution in [0.4, 0.5) is 5.69 Å². The largest absolute Gasteiger partial charge is 0.441 e. The normalized spacial score (nSPS) is 10.8. The average Bonchev–Trinajstić information content (AvgIpc) is 3.33. The molecule has 0 radical (unpaired) electrons. The summed E-state index contributed by atoms with van der Waals surface area (Å²) >= 11 is 3.39. The van der Waals surface area contributed by atoms with E-state index in [-0.39, 0.29) is 5.91 Å². The van der Waals surface area contributed by atoms with Gasteiger partial charge in [-0.15, -0.1) is 0 Å². The van der Waals surface area contributed by atoms with E-state index in [1.165, 1.54) is 0 Å². The van der Waals surface area contributed by atoms with Gasteiger partial charge in [-0.3, -0.25) is 9.48 Å². The number of aryl methyl sites for hydroxylation is 1. The average molecular weight is 437 g/mol. The van der Waals surface area contributed by atoms with Gasteiger partial charge in [0.05, 0.1) is 12.1 Å². The molecule has 140 valence electrons. The maximum Gasteiger partial charge on any atom is 0.256 e. The molecule has 0 saturated heterocycles. The van der Waals surface area contributed by atoms with Crippen LogP contribution in [0.25, 0.3) is 11.5 Å². The zero-order valence-electron chi connectivity index (χ0n) is 15.1. The molecule has 0 aliphatic carbocycles. The number of halogens is 1. The van der Waals surface area contributed by atoms with Crippen LogP contribution in [-0.2, 0) is 6.54 Å². The van der Waals surface area contributed by atoms with Crippen molar-refractivity contribution in [1.82, 2.24) is 14.8 Å². The highest BCUT2D eigenvalue weighted by atomic mass is 79.9. The molecule has 7 heteroatoms. The standard InChI is InChI=1S/C21H17BrN4O2/c1-14-19(13-26-12-4-11-23-26)25-21(28-14)15-7-9-16(10-8-15)24-20(27)17-5-2-3-6-18(17)22/h2-12H,13H2,1H3,(H,24,27). The Hall–Kier alpha value is -3.19. The van der Waals surface area contributed by atoms with Crippen molar-refractivity contribution in [1.29, 1.82) is 0 Å². The zero-order valence-corrected chi connectivity index (χ0v) is 16.7. The third-order valence-corrected chi connectivity index (χ3v) is 4.96. The van der Waals surface area contributed by atoms with Gasteiger partial charge >= 0.3 is 0 Å². The van der Waals surface area contributed by atoms with Gasteiger partial charge in [0, 0.05) is 28.1 Å². The zero-order chi connectivity index (χ0) is 19.5. The Bertz CT molecular complexity index is 1100. The van der Waals surface area contributed by atoms with Gasteiger partial charge in [0.1, 0.15) is 11.5 Å². The number of carbonyl (C=O) groups is 1. The summed E-state index contributed by atoms with van der Waals surface area (Å²) in [4.78, 5) is 17.0. The summed E-state index contributed by atoms with van der Waals surface area (Å²) in [5.41, 5.74) is 2.96. The number of oxazole rings is 1. The Morgan fingerprint density at radius 2 is 1.93 bits per heavy atom. The van der Waals surface area contributed by atoms with Crippen molar-refractivity contribution in [3.8, 4) is 11.5 Å². The van der Waals surface area contributed by atoms with Crippen LogP contribution in [0.5, 0.6) is 0 Å². The Balaban J connectivity index is 1.49. The van der Waals surface area contributed by atoms with Crippen LogP contribution in [0.15, 0.2) is 75.9 Å². The molecule has 28 heavy (non-hydrogen) atoms. The van der Waals surface area contributed by atoms with E-state index in [9.17, 15) is 4.79 Å². The van der Waals surface area contributed by atoms with Crippen LogP contribution in [0.3, 0.4) is 0 Å². The van der Waals surface area contributed by atoms with Crippen molar-refractivity contribution in [3.05, 3.63) is 88.5 Å². The van der Waals surface area contributed by atoms with Crippen molar-refractivity contribution >= 4 is 27.5 Å². The summed E-state index contributed by atoms with van der Waals surface area (Å²) < 4.78 is 8.36. The Labute approximate surface area is 170 Å². The topological polar surface area (TPSA) is 73.0 Å². The first-order chi connectivity index (χ1) is 13.6. The first-order valence-corrected chi connectivity index (χ1v) is 9.49. The van der Waals surface area contributed by atoms with Crippen LogP contribution in [-0.4, -0.2) is 20.7 Å². The summed E-state index contributed by atoms with van der Waals surface area (Å²) in [6, 6.07) is 16.6. The first kappa shape index (κ1) is 18.2. The molecule has 0 atom stereocenters. The summed E-state index contributed by atoms with van der Waals surface area (Å²) in [6.45, 7) is 2.45. The van der Waals surface area contributed by atoms with Gasteiger partial charge in [0.15, 0.2) is 0 Å². The van der Waals surface area contributed by atoms with Gasteiger partial charge in [-0.25, -0.2) is 4.98 Å². The third kappa shape index (κ3) is 3.89. The van der Waals surface area contributed by atoms with Crippen molar-refractivity contribution in [2.45, 2.75) is 13.5 Å². The lowest BCUT2D eigenvalue weighted by atomic mass is 10.2. The van der Waals surface area contributed by atoms with Gasteiger partial charge < -0.3 is 9.73 Å². The molecule has 2 aromatic carbocycles. The second-order valence-corrected chi connectivity index (χ2v) is 7.09. The Morgan fingerprint density at radius 1 is 1.14 bits per heavy atom. The maximum atomic E-state index is 12.4. The smallest absolute Gasteiger partial charge is 0.256 e. The van der Waals surface area contributed by atoms with E-state index in [0.29, 0.717) is 23.7 Å². The summed E-state index contributed by atoms with van der Waals surface area (Å²) in [6.07, 6.45) is 3.62. The molecule has 0 fully saturated rings. The predicted molar refractivity (Wildman–Crippen MR) is 110 cm³/mol. The molecule has 6 nitrogen and oxygen atoms in total. The number of amides is 1. The lowest BCUT2D eigenvalue weighted by Gasteiger charge is -2.07. The molecule has 0 aliphatic rings. The van der Waals surface area contributed by atoms with Crippen molar-refractivity contribution in [3.63, 3.8) is 0 Å². The van der Waals surface area contributed by atoms with Crippen LogP contribution in [0.2, 0.25) is 0 Å². The van der Waals surface area contributed by atoms with Crippen molar-refractivity contribution in [2.24, 2.45) is 0 Å². The number of carbonyl (C=O) groups excluding carboxylic acids is 1. The van der Waals surface area contributed by atoms with Crippen molar-refractivity contribution in [2.75, 3.05) is 5.32 Å². The highest BCUT2D eigenvalue weighted by Crippen LogP contribution is 2.24. The van der Waals surface area contributed by atoms with Crippen LogP contribution in [0.1, 0.15) is 21.8 Å². The SMILES string of the molecule is Cc1oc(-c2ccc(NC(=O)c3ccccc3Br)cc2)nc1Cn1cccn1. The number of nitrogens with one attached hydrogen (secondary N) is 1. The van der Waals surface area contributed by atoms with E-state index in [0.717, 1.165) is 21.5 Å². The molecule has 0 bridgehead atoms. The highest BCUT2D eigenvalue weighted by molar-refractivity contribution is 9.10. The molecular formula is C21H17BrN4O2. The van der Waals surface area contributed by atoms with E-state index >= 15 is 0 Å². The Morgan fingerprint density at radius 3 is 2.64 bits per heavy atom. The lowest BCUT2D eigenvalue weighted by Crippen LogP contribution is -2.12. The van der Waals surface area contributed by atoms with E-state index in [4.69, 9.17) is 4.42 Å². The first-order valence-electron chi connectivity index (χ1n) is 8.70. The number of rotatable bonds is 5. The lowest BCUT2D eigenvalue weighted by molar-refractivity contribution is 0.102. The maximum absolute atomic E-state index is 12.4. The molecule has 0 aliphatic heterocycles. The number of anilines is 1. The fraction of sp³-hybridized carbons (Fsp3) is 0.0952. The molecule has 2 heterocycles. The number of hydrogen-bond donors (Lipinski definition) is 1. The van der Waals surface area contributed by atoms with Gasteiger partial charge in [-0.2, -0.15) is 5.10 Å². The summed E-state index contributed by atoms with van der Waals surface area (Å²) in [5, 5.41) is 7.09. The molecule has 1 N–H and O–H groups in total. The minimum Gasteiger partial charge on any atom is -0.441 e. The quantitative estimate of drug-likeness (QED) is 0.482. The van der Waals surface area contributed by atoms with Crippen LogP contribution < -0.4 is 5.32 Å². The minimum atomic E-state index is -0.172. The minimum absolute atomic E-state index is 0.172. The number of benzene rings is 2. The third-order valence-electron chi connectivity index (χ3n) is 4.27. The molecule has 0 spiro atoms. The number of hydrogen-bond acceptors (Lipinski definition) is 4. The molecular weight excluding hydrogens is 420 g/mol. The molecule has 0 saturated carbocycles. The predicted octanol–water partition coefficient (Wildman–Crippen LogP) is 4.91. The van der Waals surface area contributed by atoms with E-state index in [1.807, 2.05) is 61.7 Å². The monoisotopic (exact) mass is 436 g/mol. The van der Waals surface area contributed by atoms with Crippen LogP contribution in [0, 0.1) is 6.92 Å². The van der Waals surface area contributed by atoms with Gasteiger partial charge in [0.25, 0.3) is 5.91 Å². The molecule has 0 unspecified atom stereocenters. The number of aromatic nitrogens is 3. The Kier molecular flexibility index (Phi) is 5.08. The second kappa shape index (κ2) is 7.82. The summed E-state index contributed by atoms with van der Waals surface area (Å²) in [7, 11) is 0. The molecule has 4 rings (SSSR count). The van der Waals surface area contributed by atoms with Gasteiger partial charge in [0.2, 0.25) is 5.89 Å². The fourth-order valence-corrected chi connectivity index (χ4v) is 3.25. The molecule has 2 aromatic heterocycles. The van der Waals surface area contributed by atoms with Crippen LogP contribution >= 0.6 is 15.9 Å². The number of nitrogens with zero attached hydrogens (tertiary/aromatic N) is 3.